The Hall–Kier alpha value is -1.82. The Morgan fingerprint density at radius 2 is 2.00 bits per heavy atom. The quantitative estimate of drug-likeness (QED) is 0.842. The molecular weight excluding hydrogens is 328 g/mol. The van der Waals surface area contributed by atoms with E-state index in [4.69, 9.17) is 16.3 Å². The van der Waals surface area contributed by atoms with Crippen LogP contribution in [-0.4, -0.2) is 44.6 Å². The minimum Gasteiger partial charge on any atom is -0.444 e. The fourth-order valence-electron chi connectivity index (χ4n) is 2.88. The summed E-state index contributed by atoms with van der Waals surface area (Å²) in [7, 11) is 0. The molecule has 0 aromatic carbocycles. The first-order chi connectivity index (χ1) is 11.2. The van der Waals surface area contributed by atoms with Crippen LogP contribution in [-0.2, 0) is 4.74 Å². The molecule has 1 fully saturated rings. The Balaban J connectivity index is 1.67. The molecule has 0 aliphatic carbocycles. The monoisotopic (exact) mass is 350 g/mol. The number of rotatable bonds is 1. The third-order valence-electron chi connectivity index (χ3n) is 4.15. The van der Waals surface area contributed by atoms with Crippen LogP contribution >= 0.6 is 11.6 Å². The maximum Gasteiger partial charge on any atom is 0.410 e. The molecule has 0 spiro atoms. The van der Waals surface area contributed by atoms with Gasteiger partial charge in [0.05, 0.1) is 16.2 Å². The number of halogens is 1. The van der Waals surface area contributed by atoms with Crippen LogP contribution in [0.2, 0.25) is 5.02 Å². The first-order valence-electron chi connectivity index (χ1n) is 8.23. The number of nitrogens with zero attached hydrogens (tertiary/aromatic N) is 3. The van der Waals surface area contributed by atoms with Crippen molar-refractivity contribution in [3.05, 3.63) is 22.6 Å². The number of hydrogen-bond acceptors (Lipinski definition) is 4. The predicted octanol–water partition coefficient (Wildman–Crippen LogP) is 4.03. The second kappa shape index (κ2) is 6.24. The largest absolute Gasteiger partial charge is 0.444 e. The summed E-state index contributed by atoms with van der Waals surface area (Å²) in [6.45, 7) is 8.85. The van der Waals surface area contributed by atoms with Gasteiger partial charge in [-0.25, -0.2) is 14.8 Å². The lowest BCUT2D eigenvalue weighted by molar-refractivity contribution is 0.0203. The average Bonchev–Trinajstić information content (AvgIpc) is 2.89. The molecular formula is C17H23ClN4O2. The van der Waals surface area contributed by atoms with Crippen molar-refractivity contribution in [1.29, 1.82) is 0 Å². The zero-order valence-corrected chi connectivity index (χ0v) is 15.3. The molecule has 3 heterocycles. The van der Waals surface area contributed by atoms with Gasteiger partial charge in [0.25, 0.3) is 0 Å². The van der Waals surface area contributed by atoms with E-state index in [9.17, 15) is 4.79 Å². The van der Waals surface area contributed by atoms with Crippen LogP contribution in [0.25, 0.3) is 11.2 Å². The Kier molecular flexibility index (Phi) is 4.42. The van der Waals surface area contributed by atoms with Gasteiger partial charge >= 0.3 is 6.09 Å². The van der Waals surface area contributed by atoms with Gasteiger partial charge in [-0.2, -0.15) is 0 Å². The molecule has 0 radical (unpaired) electrons. The van der Waals surface area contributed by atoms with E-state index < -0.39 is 5.60 Å². The number of piperidine rings is 1. The Labute approximate surface area is 146 Å². The summed E-state index contributed by atoms with van der Waals surface area (Å²) in [6.07, 6.45) is 1.46. The Bertz CT molecular complexity index is 719. The van der Waals surface area contributed by atoms with Crippen LogP contribution in [0.15, 0.2) is 6.07 Å². The topological polar surface area (TPSA) is 71.1 Å². The van der Waals surface area contributed by atoms with Crippen molar-refractivity contribution < 1.29 is 9.53 Å². The molecule has 0 atom stereocenters. The van der Waals surface area contributed by atoms with Crippen LogP contribution in [0.4, 0.5) is 4.79 Å². The Morgan fingerprint density at radius 3 is 2.62 bits per heavy atom. The summed E-state index contributed by atoms with van der Waals surface area (Å²) in [4.78, 5) is 26.2. The molecule has 0 bridgehead atoms. The highest BCUT2D eigenvalue weighted by atomic mass is 35.5. The van der Waals surface area contributed by atoms with Crippen molar-refractivity contribution in [2.75, 3.05) is 13.1 Å². The third kappa shape index (κ3) is 3.64. The van der Waals surface area contributed by atoms with Crippen LogP contribution in [0.1, 0.15) is 51.0 Å². The van der Waals surface area contributed by atoms with Crippen LogP contribution in [0.5, 0.6) is 0 Å². The van der Waals surface area contributed by atoms with E-state index in [0.717, 1.165) is 29.9 Å². The second-order valence-electron chi connectivity index (χ2n) is 7.29. The van der Waals surface area contributed by atoms with E-state index >= 15 is 0 Å². The van der Waals surface area contributed by atoms with Gasteiger partial charge in [-0.15, -0.1) is 0 Å². The predicted molar refractivity (Wildman–Crippen MR) is 93.4 cm³/mol. The third-order valence-corrected chi connectivity index (χ3v) is 4.54. The zero-order chi connectivity index (χ0) is 17.5. The lowest BCUT2D eigenvalue weighted by Gasteiger charge is -2.32. The van der Waals surface area contributed by atoms with Crippen molar-refractivity contribution in [2.45, 2.75) is 52.1 Å². The summed E-state index contributed by atoms with van der Waals surface area (Å²) in [5.41, 5.74) is 1.87. The van der Waals surface area contributed by atoms with Crippen molar-refractivity contribution in [2.24, 2.45) is 0 Å². The SMILES string of the molecule is Cc1nc2nc(C3CCN(C(=O)OC(C)(C)C)CC3)[nH]c2cc1Cl. The number of imidazole rings is 1. The molecule has 1 aliphatic rings. The lowest BCUT2D eigenvalue weighted by Crippen LogP contribution is -2.41. The number of likely N-dealkylation sites (tertiary alicyclic amines) is 1. The standard InChI is InChI=1S/C17H23ClN4O2/c1-10-12(18)9-13-15(19-10)21-14(20-13)11-5-7-22(8-6-11)16(23)24-17(2,3)4/h9,11H,5-8H2,1-4H3,(H,19,20,21). The van der Waals surface area contributed by atoms with E-state index in [1.807, 2.05) is 33.8 Å². The fourth-order valence-corrected chi connectivity index (χ4v) is 3.03. The number of carbonyl (C=O) groups excluding carboxylic acids is 1. The fraction of sp³-hybridized carbons (Fsp3) is 0.588. The van der Waals surface area contributed by atoms with E-state index in [1.54, 1.807) is 4.90 Å². The van der Waals surface area contributed by atoms with Gasteiger partial charge in [-0.1, -0.05) is 11.6 Å². The molecule has 0 saturated carbocycles. The highest BCUT2D eigenvalue weighted by molar-refractivity contribution is 6.31. The average molecular weight is 351 g/mol. The first-order valence-corrected chi connectivity index (χ1v) is 8.61. The number of hydrogen-bond donors (Lipinski definition) is 1. The van der Waals surface area contributed by atoms with Crippen molar-refractivity contribution >= 4 is 28.9 Å². The summed E-state index contributed by atoms with van der Waals surface area (Å²) >= 11 is 6.12. The number of pyridine rings is 1. The van der Waals surface area contributed by atoms with Crippen LogP contribution in [0, 0.1) is 6.92 Å². The molecule has 6 nitrogen and oxygen atoms in total. The molecule has 1 N–H and O–H groups in total. The number of aromatic amines is 1. The van der Waals surface area contributed by atoms with E-state index in [1.165, 1.54) is 0 Å². The summed E-state index contributed by atoms with van der Waals surface area (Å²) < 4.78 is 5.43. The van der Waals surface area contributed by atoms with Gasteiger partial charge in [-0.3, -0.25) is 0 Å². The number of nitrogens with one attached hydrogen (secondary N) is 1. The normalized spacial score (nSPS) is 16.6. The minimum absolute atomic E-state index is 0.241. The summed E-state index contributed by atoms with van der Waals surface area (Å²) in [6, 6.07) is 1.87. The zero-order valence-electron chi connectivity index (χ0n) is 14.5. The number of fused-ring (bicyclic) bond motifs is 1. The smallest absolute Gasteiger partial charge is 0.410 e. The van der Waals surface area contributed by atoms with E-state index in [-0.39, 0.29) is 12.0 Å². The van der Waals surface area contributed by atoms with Crippen molar-refractivity contribution in [3.8, 4) is 0 Å². The van der Waals surface area contributed by atoms with Gasteiger partial charge in [0, 0.05) is 19.0 Å². The molecule has 2 aromatic rings. The van der Waals surface area contributed by atoms with Crippen LogP contribution in [0.3, 0.4) is 0 Å². The van der Waals surface area contributed by atoms with Gasteiger partial charge < -0.3 is 14.6 Å². The van der Waals surface area contributed by atoms with Gasteiger partial charge in [0.1, 0.15) is 11.4 Å². The van der Waals surface area contributed by atoms with Crippen LogP contribution < -0.4 is 0 Å². The number of amides is 1. The Morgan fingerprint density at radius 1 is 1.33 bits per heavy atom. The van der Waals surface area contributed by atoms with Gasteiger partial charge in [0.2, 0.25) is 0 Å². The number of carbonyl (C=O) groups is 1. The molecule has 2 aromatic heterocycles. The van der Waals surface area contributed by atoms with Crippen molar-refractivity contribution in [1.82, 2.24) is 19.9 Å². The maximum atomic E-state index is 12.1. The van der Waals surface area contributed by atoms with Crippen molar-refractivity contribution in [3.63, 3.8) is 0 Å². The number of aromatic nitrogens is 3. The molecule has 1 aliphatic heterocycles. The van der Waals surface area contributed by atoms with E-state index in [0.29, 0.717) is 23.8 Å². The lowest BCUT2D eigenvalue weighted by atomic mass is 9.96. The highest BCUT2D eigenvalue weighted by Crippen LogP contribution is 2.29. The van der Waals surface area contributed by atoms with Gasteiger partial charge in [-0.05, 0) is 46.6 Å². The molecule has 3 rings (SSSR count). The molecule has 0 unspecified atom stereocenters. The number of ether oxygens (including phenoxy) is 1. The summed E-state index contributed by atoms with van der Waals surface area (Å²) in [5.74, 6) is 1.21. The molecule has 1 amide bonds. The molecule has 7 heteroatoms. The van der Waals surface area contributed by atoms with Gasteiger partial charge in [0.15, 0.2) is 5.65 Å². The van der Waals surface area contributed by atoms with E-state index in [2.05, 4.69) is 15.0 Å². The maximum absolute atomic E-state index is 12.1. The number of H-pyrrole nitrogens is 1. The molecule has 24 heavy (non-hydrogen) atoms. The minimum atomic E-state index is -0.463. The molecule has 130 valence electrons. The summed E-state index contributed by atoms with van der Waals surface area (Å²) in [5, 5.41) is 0.637. The highest BCUT2D eigenvalue weighted by Gasteiger charge is 2.28. The first kappa shape index (κ1) is 17.0. The number of aryl methyl sites for hydroxylation is 1. The second-order valence-corrected chi connectivity index (χ2v) is 7.70. The molecule has 1 saturated heterocycles.